The molecule has 1 aliphatic heterocycles. The minimum Gasteiger partial charge on any atom is -0.507 e. The Hall–Kier alpha value is -4.61. The molecular formula is C19H13N3O9. The molecule has 2 N–H and O–H groups in total. The molecule has 0 radical (unpaired) electrons. The molecule has 2 aromatic carbocycles. The summed E-state index contributed by atoms with van der Waals surface area (Å²) < 4.78 is 0. The fourth-order valence-corrected chi connectivity index (χ4v) is 3.21. The Labute approximate surface area is 172 Å². The summed E-state index contributed by atoms with van der Waals surface area (Å²) >= 11 is 0. The first-order chi connectivity index (χ1) is 14.6. The van der Waals surface area contributed by atoms with Crippen molar-refractivity contribution in [3.05, 3.63) is 85.5 Å². The van der Waals surface area contributed by atoms with E-state index in [0.29, 0.717) is 0 Å². The van der Waals surface area contributed by atoms with Crippen LogP contribution in [-0.4, -0.2) is 49.2 Å². The molecule has 0 spiro atoms. The van der Waals surface area contributed by atoms with Gasteiger partial charge in [-0.2, -0.15) is 0 Å². The normalized spacial score (nSPS) is 17.5. The van der Waals surface area contributed by atoms with E-state index < -0.39 is 51.4 Å². The molecule has 1 fully saturated rings. The second kappa shape index (κ2) is 8.02. The topological polar surface area (TPSA) is 181 Å². The number of Topliss-reactive ketones (excluding diaryl/α,β-unsaturated/α-hetero) is 1. The maximum atomic E-state index is 12.6. The predicted molar refractivity (Wildman–Crippen MR) is 103 cm³/mol. The minimum atomic E-state index is -1.41. The molecule has 1 heterocycles. The van der Waals surface area contributed by atoms with Crippen LogP contribution in [0.3, 0.4) is 0 Å². The molecule has 0 aromatic heterocycles. The molecule has 12 nitrogen and oxygen atoms in total. The standard InChI is InChI=1S/C19H13N3O9/c23-14(24)9-20-16(10-1-5-12(6-2-10)21(28)29)15(18(26)19(20)27)17(25)11-3-7-13(8-4-11)22(30)31/h1-8,16,25H,9H2,(H,23,24)/b17-15+/t16-/m0/s1. The second-order valence-corrected chi connectivity index (χ2v) is 6.47. The number of aliphatic carboxylic acids is 1. The van der Waals surface area contributed by atoms with Gasteiger partial charge in [0.2, 0.25) is 0 Å². The van der Waals surface area contributed by atoms with Gasteiger partial charge in [-0.1, -0.05) is 0 Å². The first-order valence-corrected chi connectivity index (χ1v) is 8.61. The van der Waals surface area contributed by atoms with Gasteiger partial charge in [0, 0.05) is 29.8 Å². The lowest BCUT2D eigenvalue weighted by molar-refractivity contribution is -0.385. The number of rotatable bonds is 6. The fraction of sp³-hybridized carbons (Fsp3) is 0.105. The smallest absolute Gasteiger partial charge is 0.323 e. The molecular weight excluding hydrogens is 414 g/mol. The van der Waals surface area contributed by atoms with E-state index >= 15 is 0 Å². The van der Waals surface area contributed by atoms with Crippen molar-refractivity contribution in [1.82, 2.24) is 4.90 Å². The third kappa shape index (κ3) is 3.94. The highest BCUT2D eigenvalue weighted by Gasteiger charge is 2.46. The van der Waals surface area contributed by atoms with E-state index in [9.17, 15) is 39.7 Å². The van der Waals surface area contributed by atoms with Gasteiger partial charge in [0.15, 0.2) is 0 Å². The average Bonchev–Trinajstić information content (AvgIpc) is 2.97. The van der Waals surface area contributed by atoms with Crippen molar-refractivity contribution < 1.29 is 34.4 Å². The van der Waals surface area contributed by atoms with Crippen molar-refractivity contribution in [2.45, 2.75) is 6.04 Å². The minimum absolute atomic E-state index is 0.00848. The number of aliphatic hydroxyl groups excluding tert-OH is 1. The van der Waals surface area contributed by atoms with Gasteiger partial charge in [-0.3, -0.25) is 34.6 Å². The van der Waals surface area contributed by atoms with E-state index in [-0.39, 0.29) is 22.5 Å². The highest BCUT2D eigenvalue weighted by atomic mass is 16.6. The molecule has 1 amide bonds. The quantitative estimate of drug-likeness (QED) is 0.229. The van der Waals surface area contributed by atoms with Crippen LogP contribution in [-0.2, 0) is 14.4 Å². The zero-order chi connectivity index (χ0) is 22.9. The molecule has 2 aromatic rings. The zero-order valence-electron chi connectivity index (χ0n) is 15.5. The number of carbonyl (C=O) groups excluding carboxylic acids is 2. The Balaban J connectivity index is 2.16. The molecule has 0 bridgehead atoms. The summed E-state index contributed by atoms with van der Waals surface area (Å²) in [5.41, 5.74) is -0.821. The number of carboxylic acid groups (broad SMARTS) is 1. The lowest BCUT2D eigenvalue weighted by Crippen LogP contribution is -2.34. The van der Waals surface area contributed by atoms with Crippen molar-refractivity contribution >= 4 is 34.8 Å². The van der Waals surface area contributed by atoms with Crippen LogP contribution in [0.1, 0.15) is 17.2 Å². The Morgan fingerprint density at radius 2 is 1.39 bits per heavy atom. The summed E-state index contributed by atoms with van der Waals surface area (Å²) in [5.74, 6) is -4.40. The maximum absolute atomic E-state index is 12.6. The van der Waals surface area contributed by atoms with E-state index in [0.717, 1.165) is 29.2 Å². The molecule has 0 saturated carbocycles. The van der Waals surface area contributed by atoms with Crippen LogP contribution in [0.5, 0.6) is 0 Å². The highest BCUT2D eigenvalue weighted by Crippen LogP contribution is 2.39. The lowest BCUT2D eigenvalue weighted by atomic mass is 9.95. The monoisotopic (exact) mass is 427 g/mol. The van der Waals surface area contributed by atoms with Crippen LogP contribution in [0, 0.1) is 20.2 Å². The Morgan fingerprint density at radius 1 is 0.903 bits per heavy atom. The maximum Gasteiger partial charge on any atom is 0.323 e. The van der Waals surface area contributed by atoms with Gasteiger partial charge < -0.3 is 15.1 Å². The number of non-ortho nitro benzene ring substituents is 2. The van der Waals surface area contributed by atoms with Crippen LogP contribution < -0.4 is 0 Å². The number of nitrogens with zero attached hydrogens (tertiary/aromatic N) is 3. The van der Waals surface area contributed by atoms with E-state index in [4.69, 9.17) is 5.11 Å². The number of nitro benzene ring substituents is 2. The van der Waals surface area contributed by atoms with Gasteiger partial charge in [-0.25, -0.2) is 0 Å². The van der Waals surface area contributed by atoms with Gasteiger partial charge in [-0.05, 0) is 29.8 Å². The number of hydrogen-bond donors (Lipinski definition) is 2. The van der Waals surface area contributed by atoms with E-state index in [1.54, 1.807) is 0 Å². The molecule has 0 unspecified atom stereocenters. The van der Waals surface area contributed by atoms with Gasteiger partial charge in [0.25, 0.3) is 23.1 Å². The molecule has 12 heteroatoms. The lowest BCUT2D eigenvalue weighted by Gasteiger charge is -2.23. The van der Waals surface area contributed by atoms with Gasteiger partial charge >= 0.3 is 5.97 Å². The van der Waals surface area contributed by atoms with Crippen LogP contribution in [0.25, 0.3) is 5.76 Å². The second-order valence-electron chi connectivity index (χ2n) is 6.47. The number of benzene rings is 2. The highest BCUT2D eigenvalue weighted by molar-refractivity contribution is 6.46. The van der Waals surface area contributed by atoms with Crippen molar-refractivity contribution in [1.29, 1.82) is 0 Å². The van der Waals surface area contributed by atoms with Gasteiger partial charge in [0.1, 0.15) is 12.3 Å². The van der Waals surface area contributed by atoms with Crippen molar-refractivity contribution in [3.8, 4) is 0 Å². The van der Waals surface area contributed by atoms with Crippen molar-refractivity contribution in [2.24, 2.45) is 0 Å². The number of nitro groups is 2. The summed E-state index contributed by atoms with van der Waals surface area (Å²) in [6.07, 6.45) is 0. The molecule has 1 saturated heterocycles. The van der Waals surface area contributed by atoms with Crippen molar-refractivity contribution in [3.63, 3.8) is 0 Å². The fourth-order valence-electron chi connectivity index (χ4n) is 3.21. The first-order valence-electron chi connectivity index (χ1n) is 8.61. The average molecular weight is 427 g/mol. The van der Waals surface area contributed by atoms with E-state index in [2.05, 4.69) is 0 Å². The molecule has 158 valence electrons. The number of amides is 1. The van der Waals surface area contributed by atoms with Crippen LogP contribution in [0.4, 0.5) is 11.4 Å². The van der Waals surface area contributed by atoms with Crippen LogP contribution >= 0.6 is 0 Å². The molecule has 1 atom stereocenters. The van der Waals surface area contributed by atoms with Gasteiger partial charge in [-0.15, -0.1) is 0 Å². The zero-order valence-corrected chi connectivity index (χ0v) is 15.5. The number of carboxylic acids is 1. The molecule has 0 aliphatic carbocycles. The number of ketones is 1. The third-order valence-electron chi connectivity index (χ3n) is 4.62. The summed E-state index contributed by atoms with van der Waals surface area (Å²) in [4.78, 5) is 57.4. The number of aliphatic hydroxyl groups is 1. The number of carbonyl (C=O) groups is 3. The SMILES string of the molecule is O=C(O)CN1C(=O)C(=O)/C(=C(/O)c2ccc([N+](=O)[O-])cc2)[C@@H]1c1ccc([N+](=O)[O-])cc1. The third-order valence-corrected chi connectivity index (χ3v) is 4.62. The summed E-state index contributed by atoms with van der Waals surface area (Å²) in [5, 5.41) is 41.6. The Bertz CT molecular complexity index is 1140. The van der Waals surface area contributed by atoms with E-state index in [1.165, 1.54) is 24.3 Å². The Morgan fingerprint density at radius 3 is 1.84 bits per heavy atom. The number of likely N-dealkylation sites (tertiary alicyclic amines) is 1. The Kier molecular flexibility index (Phi) is 5.46. The molecule has 31 heavy (non-hydrogen) atoms. The van der Waals surface area contributed by atoms with Crippen LogP contribution in [0.15, 0.2) is 54.1 Å². The predicted octanol–water partition coefficient (Wildman–Crippen LogP) is 2.01. The first kappa shape index (κ1) is 21.1. The number of hydrogen-bond acceptors (Lipinski definition) is 8. The van der Waals surface area contributed by atoms with Crippen molar-refractivity contribution in [2.75, 3.05) is 6.54 Å². The molecule has 3 rings (SSSR count). The summed E-state index contributed by atoms with van der Waals surface area (Å²) in [6.45, 7) is -0.858. The van der Waals surface area contributed by atoms with Gasteiger partial charge in [0.05, 0.1) is 21.5 Å². The summed E-state index contributed by atoms with van der Waals surface area (Å²) in [6, 6.07) is 7.90. The summed E-state index contributed by atoms with van der Waals surface area (Å²) in [7, 11) is 0. The van der Waals surface area contributed by atoms with Crippen LogP contribution in [0.2, 0.25) is 0 Å². The van der Waals surface area contributed by atoms with E-state index in [1.807, 2.05) is 0 Å². The largest absolute Gasteiger partial charge is 0.507 e. The molecule has 1 aliphatic rings.